The molecule has 242 valence electrons. The van der Waals surface area contributed by atoms with Gasteiger partial charge in [0.1, 0.15) is 22.9 Å². The lowest BCUT2D eigenvalue weighted by molar-refractivity contribution is -0.150. The van der Waals surface area contributed by atoms with Gasteiger partial charge < -0.3 is 24.3 Å². The molecule has 12 heteroatoms. The number of thioether (sulfide) groups is 1. The average molecular weight is 657 g/mol. The maximum atomic E-state index is 14.0. The molecule has 2 atom stereocenters. The summed E-state index contributed by atoms with van der Waals surface area (Å²) in [5.74, 6) is -1.90. The van der Waals surface area contributed by atoms with E-state index >= 15 is 0 Å². The van der Waals surface area contributed by atoms with E-state index in [2.05, 4.69) is 5.32 Å². The first-order valence-electron chi connectivity index (χ1n) is 14.6. The van der Waals surface area contributed by atoms with Gasteiger partial charge in [-0.15, -0.1) is 0 Å². The largest absolute Gasteiger partial charge is 0.497 e. The van der Waals surface area contributed by atoms with Crippen molar-refractivity contribution < 1.29 is 42.9 Å². The number of amides is 2. The molecular formula is C35H32N2O9S. The number of esters is 3. The van der Waals surface area contributed by atoms with Gasteiger partial charge in [0.2, 0.25) is 11.8 Å². The molecular weight excluding hydrogens is 624 g/mol. The van der Waals surface area contributed by atoms with Crippen LogP contribution in [0.3, 0.4) is 0 Å². The van der Waals surface area contributed by atoms with Crippen molar-refractivity contribution >= 4 is 47.6 Å². The van der Waals surface area contributed by atoms with Crippen LogP contribution >= 0.6 is 11.8 Å². The molecule has 0 spiro atoms. The number of fused-ring (bicyclic) bond motifs is 1. The van der Waals surface area contributed by atoms with Crippen molar-refractivity contribution in [2.24, 2.45) is 0 Å². The van der Waals surface area contributed by atoms with E-state index in [1.54, 1.807) is 49.6 Å². The van der Waals surface area contributed by atoms with Gasteiger partial charge in [-0.2, -0.15) is 0 Å². The molecule has 2 aliphatic rings. The number of hydrogen-bond donors (Lipinski definition) is 1. The Morgan fingerprint density at radius 3 is 2.21 bits per heavy atom. The number of carbonyl (C=O) groups excluding carboxylic acids is 5. The molecule has 2 aliphatic heterocycles. The number of hydrogen-bond acceptors (Lipinski definition) is 10. The second kappa shape index (κ2) is 14.0. The van der Waals surface area contributed by atoms with Crippen LogP contribution in [0.5, 0.6) is 17.2 Å². The smallest absolute Gasteiger partial charge is 0.355 e. The third-order valence-corrected chi connectivity index (χ3v) is 8.83. The number of methoxy groups -OCH3 is 1. The zero-order valence-electron chi connectivity index (χ0n) is 26.1. The summed E-state index contributed by atoms with van der Waals surface area (Å²) < 4.78 is 21.5. The molecule has 0 radical (unpaired) electrons. The van der Waals surface area contributed by atoms with E-state index in [9.17, 15) is 24.0 Å². The fourth-order valence-electron chi connectivity index (χ4n) is 5.25. The average Bonchev–Trinajstić information content (AvgIpc) is 3.03. The highest BCUT2D eigenvalue weighted by molar-refractivity contribution is 8.01. The second-order valence-corrected chi connectivity index (χ2v) is 12.1. The zero-order chi connectivity index (χ0) is 33.7. The molecule has 47 heavy (non-hydrogen) atoms. The quantitative estimate of drug-likeness (QED) is 0.183. The van der Waals surface area contributed by atoms with Gasteiger partial charge in [-0.05, 0) is 41.0 Å². The third-order valence-electron chi connectivity index (χ3n) is 7.27. The fourth-order valence-corrected chi connectivity index (χ4v) is 6.98. The Balaban J connectivity index is 1.65. The van der Waals surface area contributed by atoms with Gasteiger partial charge >= 0.3 is 17.9 Å². The van der Waals surface area contributed by atoms with Gasteiger partial charge in [-0.3, -0.25) is 24.1 Å². The highest BCUT2D eigenvalue weighted by Gasteiger charge is 2.55. The van der Waals surface area contributed by atoms with Crippen molar-refractivity contribution in [1.29, 1.82) is 0 Å². The van der Waals surface area contributed by atoms with Crippen molar-refractivity contribution in [3.8, 4) is 17.2 Å². The molecule has 5 rings (SSSR count). The SMILES string of the molecule is COc1ccc(COC(=O)C2=C(/C=C/c3ccc(OC(C)=O)c(OC(C)=O)c3)C(NC(C)=O)(c3ccccc3)S[C@@H]3CC(=O)N23)cc1. The van der Waals surface area contributed by atoms with Gasteiger partial charge in [0.15, 0.2) is 11.5 Å². The number of ether oxygens (including phenoxy) is 4. The van der Waals surface area contributed by atoms with E-state index < -0.39 is 28.2 Å². The molecule has 0 saturated carbocycles. The Morgan fingerprint density at radius 2 is 1.60 bits per heavy atom. The zero-order valence-corrected chi connectivity index (χ0v) is 26.9. The number of nitrogens with zero attached hydrogens (tertiary/aromatic N) is 1. The molecule has 2 amide bonds. The summed E-state index contributed by atoms with van der Waals surface area (Å²) in [6, 6.07) is 20.8. The van der Waals surface area contributed by atoms with E-state index in [0.717, 1.165) is 0 Å². The minimum Gasteiger partial charge on any atom is -0.497 e. The molecule has 11 nitrogen and oxygen atoms in total. The van der Waals surface area contributed by atoms with Gasteiger partial charge in [0.25, 0.3) is 0 Å². The first-order valence-corrected chi connectivity index (χ1v) is 15.5. The lowest BCUT2D eigenvalue weighted by atomic mass is 9.92. The predicted octanol–water partition coefficient (Wildman–Crippen LogP) is 4.85. The normalized spacial score (nSPS) is 18.6. The van der Waals surface area contributed by atoms with E-state index in [0.29, 0.717) is 28.0 Å². The van der Waals surface area contributed by atoms with Gasteiger partial charge in [-0.25, -0.2) is 4.79 Å². The van der Waals surface area contributed by atoms with E-state index in [1.165, 1.54) is 49.6 Å². The molecule has 1 fully saturated rings. The van der Waals surface area contributed by atoms with Gasteiger partial charge in [0.05, 0.1) is 18.9 Å². The van der Waals surface area contributed by atoms with Crippen LogP contribution < -0.4 is 19.5 Å². The molecule has 0 aromatic heterocycles. The van der Waals surface area contributed by atoms with Crippen molar-refractivity contribution in [2.75, 3.05) is 7.11 Å². The lowest BCUT2D eigenvalue weighted by Crippen LogP contribution is -2.60. The van der Waals surface area contributed by atoms with Crippen molar-refractivity contribution in [2.45, 2.75) is 44.0 Å². The lowest BCUT2D eigenvalue weighted by Gasteiger charge is -2.51. The van der Waals surface area contributed by atoms with Gasteiger partial charge in [0, 0.05) is 26.3 Å². The topological polar surface area (TPSA) is 138 Å². The van der Waals surface area contributed by atoms with Crippen LogP contribution in [0.25, 0.3) is 6.08 Å². The summed E-state index contributed by atoms with van der Waals surface area (Å²) in [7, 11) is 1.55. The van der Waals surface area contributed by atoms with Gasteiger partial charge in [-0.1, -0.05) is 72.4 Å². The summed E-state index contributed by atoms with van der Waals surface area (Å²) in [4.78, 5) is 63.4. The molecule has 2 heterocycles. The molecule has 3 aromatic carbocycles. The molecule has 0 bridgehead atoms. The Bertz CT molecular complexity index is 1790. The second-order valence-electron chi connectivity index (χ2n) is 10.7. The van der Waals surface area contributed by atoms with Crippen LogP contribution in [-0.4, -0.2) is 47.1 Å². The Kier molecular flexibility index (Phi) is 9.80. The molecule has 1 unspecified atom stereocenters. The molecule has 1 N–H and O–H groups in total. The first kappa shape index (κ1) is 33.0. The maximum Gasteiger partial charge on any atom is 0.355 e. The fraction of sp³-hybridized carbons (Fsp3) is 0.229. The summed E-state index contributed by atoms with van der Waals surface area (Å²) in [6.07, 6.45) is 3.43. The number of carbonyl (C=O) groups is 5. The third kappa shape index (κ3) is 7.23. The monoisotopic (exact) mass is 656 g/mol. The van der Waals surface area contributed by atoms with Crippen LogP contribution in [0.1, 0.15) is 43.9 Å². The summed E-state index contributed by atoms with van der Waals surface area (Å²) in [5, 5.41) is 2.62. The number of benzene rings is 3. The Morgan fingerprint density at radius 1 is 0.915 bits per heavy atom. The summed E-state index contributed by atoms with van der Waals surface area (Å²) >= 11 is 1.33. The molecule has 0 aliphatic carbocycles. The minimum absolute atomic E-state index is 0.00939. The minimum atomic E-state index is -1.30. The maximum absolute atomic E-state index is 14.0. The Hall–Kier alpha value is -5.36. The number of nitrogens with one attached hydrogen (secondary N) is 1. The standard InChI is InChI=1S/C35H32N2O9S/c1-21(38)36-35(26-8-6-5-7-9-26)28(16-12-24-13-17-29(45-22(2)39)30(18-24)46-23(3)40)33(37-31(41)19-32(37)47-35)34(42)44-20-25-10-14-27(43-4)15-11-25/h5-18,32H,19-20H2,1-4H3,(H,36,38)/b16-12+/t32-,35?/m1/s1. The van der Waals surface area contributed by atoms with E-state index in [-0.39, 0.29) is 42.0 Å². The van der Waals surface area contributed by atoms with Crippen molar-refractivity contribution in [3.05, 3.63) is 107 Å². The summed E-state index contributed by atoms with van der Waals surface area (Å²) in [5.41, 5.74) is 2.17. The first-order chi connectivity index (χ1) is 22.5. The van der Waals surface area contributed by atoms with Crippen molar-refractivity contribution in [3.63, 3.8) is 0 Å². The van der Waals surface area contributed by atoms with Crippen LogP contribution in [-0.2, 0) is 40.2 Å². The van der Waals surface area contributed by atoms with Crippen molar-refractivity contribution in [1.82, 2.24) is 10.2 Å². The molecule has 3 aromatic rings. The predicted molar refractivity (Wildman–Crippen MR) is 173 cm³/mol. The molecule has 1 saturated heterocycles. The Labute approximate surface area is 275 Å². The van der Waals surface area contributed by atoms with Crippen LogP contribution in [0.15, 0.2) is 90.1 Å². The van der Waals surface area contributed by atoms with Crippen LogP contribution in [0, 0.1) is 0 Å². The highest BCUT2D eigenvalue weighted by Crippen LogP contribution is 2.54. The van der Waals surface area contributed by atoms with Crippen LogP contribution in [0.2, 0.25) is 0 Å². The number of rotatable bonds is 10. The van der Waals surface area contributed by atoms with E-state index in [4.69, 9.17) is 18.9 Å². The van der Waals surface area contributed by atoms with E-state index in [1.807, 2.05) is 30.3 Å². The number of β-lactam (4-membered cyclic amide) rings is 1. The summed E-state index contributed by atoms with van der Waals surface area (Å²) in [6.45, 7) is 3.75. The van der Waals surface area contributed by atoms with Crippen LogP contribution in [0.4, 0.5) is 0 Å². The highest BCUT2D eigenvalue weighted by atomic mass is 32.2.